The van der Waals surface area contributed by atoms with Crippen molar-refractivity contribution in [1.29, 1.82) is 0 Å². The SMILES string of the molecule is O=C(CCc1ccccc1Br)N1CCNCC1c1cccc(F)c1. The van der Waals surface area contributed by atoms with Crippen molar-refractivity contribution in [2.75, 3.05) is 19.6 Å². The van der Waals surface area contributed by atoms with Crippen molar-refractivity contribution >= 4 is 21.8 Å². The van der Waals surface area contributed by atoms with E-state index in [-0.39, 0.29) is 17.8 Å². The third-order valence-electron chi connectivity index (χ3n) is 4.36. The largest absolute Gasteiger partial charge is 0.333 e. The highest BCUT2D eigenvalue weighted by atomic mass is 79.9. The molecule has 0 aromatic heterocycles. The maximum absolute atomic E-state index is 13.5. The first-order chi connectivity index (χ1) is 11.6. The quantitative estimate of drug-likeness (QED) is 0.862. The molecule has 24 heavy (non-hydrogen) atoms. The van der Waals surface area contributed by atoms with Crippen LogP contribution in [-0.4, -0.2) is 30.4 Å². The average molecular weight is 391 g/mol. The fraction of sp³-hybridized carbons (Fsp3) is 0.316. The molecule has 126 valence electrons. The van der Waals surface area contributed by atoms with Crippen LogP contribution in [0, 0.1) is 5.82 Å². The molecule has 0 saturated carbocycles. The van der Waals surface area contributed by atoms with Gasteiger partial charge in [-0.15, -0.1) is 0 Å². The Morgan fingerprint density at radius 2 is 2.08 bits per heavy atom. The number of benzene rings is 2. The molecule has 1 heterocycles. The highest BCUT2D eigenvalue weighted by molar-refractivity contribution is 9.10. The molecule has 2 aromatic rings. The highest BCUT2D eigenvalue weighted by Crippen LogP contribution is 2.25. The van der Waals surface area contributed by atoms with Crippen LogP contribution in [0.5, 0.6) is 0 Å². The van der Waals surface area contributed by atoms with Gasteiger partial charge < -0.3 is 10.2 Å². The smallest absolute Gasteiger partial charge is 0.223 e. The third-order valence-corrected chi connectivity index (χ3v) is 5.14. The Bertz CT molecular complexity index is 722. The molecule has 5 heteroatoms. The topological polar surface area (TPSA) is 32.3 Å². The summed E-state index contributed by atoms with van der Waals surface area (Å²) in [7, 11) is 0. The zero-order chi connectivity index (χ0) is 16.9. The Kier molecular flexibility index (Phi) is 5.63. The molecule has 0 spiro atoms. The Balaban J connectivity index is 1.71. The van der Waals surface area contributed by atoms with E-state index in [1.54, 1.807) is 6.07 Å². The molecule has 1 aliphatic rings. The van der Waals surface area contributed by atoms with Crippen molar-refractivity contribution in [3.05, 3.63) is 69.9 Å². The van der Waals surface area contributed by atoms with Gasteiger partial charge in [-0.3, -0.25) is 4.79 Å². The summed E-state index contributed by atoms with van der Waals surface area (Å²) in [4.78, 5) is 14.6. The summed E-state index contributed by atoms with van der Waals surface area (Å²) in [5.74, 6) is -0.153. The summed E-state index contributed by atoms with van der Waals surface area (Å²) in [6.45, 7) is 2.08. The molecule has 1 unspecified atom stereocenters. The first-order valence-electron chi connectivity index (χ1n) is 8.14. The summed E-state index contributed by atoms with van der Waals surface area (Å²) in [5, 5.41) is 3.30. The monoisotopic (exact) mass is 390 g/mol. The Morgan fingerprint density at radius 3 is 2.88 bits per heavy atom. The van der Waals surface area contributed by atoms with Gasteiger partial charge in [0.15, 0.2) is 0 Å². The van der Waals surface area contributed by atoms with E-state index in [0.717, 1.165) is 22.1 Å². The van der Waals surface area contributed by atoms with E-state index in [1.807, 2.05) is 35.2 Å². The minimum absolute atomic E-state index is 0.110. The predicted molar refractivity (Wildman–Crippen MR) is 96.2 cm³/mol. The van der Waals surface area contributed by atoms with Gasteiger partial charge in [-0.2, -0.15) is 0 Å². The van der Waals surface area contributed by atoms with Crippen LogP contribution in [0.2, 0.25) is 0 Å². The van der Waals surface area contributed by atoms with Crippen LogP contribution in [0.1, 0.15) is 23.6 Å². The van der Waals surface area contributed by atoms with Crippen molar-refractivity contribution in [3.63, 3.8) is 0 Å². The molecule has 1 aliphatic heterocycles. The van der Waals surface area contributed by atoms with E-state index in [1.165, 1.54) is 12.1 Å². The normalized spacial score (nSPS) is 17.8. The van der Waals surface area contributed by atoms with E-state index >= 15 is 0 Å². The Labute approximate surface area is 150 Å². The lowest BCUT2D eigenvalue weighted by Gasteiger charge is -2.36. The molecule has 3 rings (SSSR count). The van der Waals surface area contributed by atoms with Gasteiger partial charge in [0.1, 0.15) is 5.82 Å². The fourth-order valence-electron chi connectivity index (χ4n) is 3.10. The van der Waals surface area contributed by atoms with Gasteiger partial charge in [0.05, 0.1) is 6.04 Å². The molecule has 0 aliphatic carbocycles. The average Bonchev–Trinajstić information content (AvgIpc) is 2.61. The van der Waals surface area contributed by atoms with E-state index in [9.17, 15) is 9.18 Å². The van der Waals surface area contributed by atoms with Crippen molar-refractivity contribution < 1.29 is 9.18 Å². The van der Waals surface area contributed by atoms with Crippen LogP contribution in [0.3, 0.4) is 0 Å². The van der Waals surface area contributed by atoms with Crippen LogP contribution >= 0.6 is 15.9 Å². The molecule has 1 saturated heterocycles. The number of aryl methyl sites for hydroxylation is 1. The van der Waals surface area contributed by atoms with Crippen molar-refractivity contribution in [2.45, 2.75) is 18.9 Å². The van der Waals surface area contributed by atoms with Gasteiger partial charge in [0.25, 0.3) is 0 Å². The molecular weight excluding hydrogens is 371 g/mol. The van der Waals surface area contributed by atoms with E-state index in [0.29, 0.717) is 25.9 Å². The lowest BCUT2D eigenvalue weighted by molar-refractivity contribution is -0.134. The van der Waals surface area contributed by atoms with E-state index in [4.69, 9.17) is 0 Å². The number of rotatable bonds is 4. The maximum Gasteiger partial charge on any atom is 0.223 e. The van der Waals surface area contributed by atoms with Crippen LogP contribution in [-0.2, 0) is 11.2 Å². The Hall–Kier alpha value is -1.72. The van der Waals surface area contributed by atoms with Crippen molar-refractivity contribution in [3.8, 4) is 0 Å². The number of nitrogens with zero attached hydrogens (tertiary/aromatic N) is 1. The minimum atomic E-state index is -0.265. The summed E-state index contributed by atoms with van der Waals surface area (Å²) >= 11 is 3.52. The van der Waals surface area contributed by atoms with Gasteiger partial charge in [0.2, 0.25) is 5.91 Å². The molecule has 1 atom stereocenters. The molecule has 0 radical (unpaired) electrons. The summed E-state index contributed by atoms with van der Waals surface area (Å²) in [5.41, 5.74) is 1.97. The second-order valence-corrected chi connectivity index (χ2v) is 6.81. The second kappa shape index (κ2) is 7.90. The molecule has 3 nitrogen and oxygen atoms in total. The molecule has 2 aromatic carbocycles. The number of nitrogens with one attached hydrogen (secondary N) is 1. The van der Waals surface area contributed by atoms with Gasteiger partial charge in [0, 0.05) is 30.5 Å². The number of carbonyl (C=O) groups is 1. The molecular formula is C19H20BrFN2O. The van der Waals surface area contributed by atoms with Gasteiger partial charge in [-0.1, -0.05) is 46.3 Å². The zero-order valence-corrected chi connectivity index (χ0v) is 14.9. The van der Waals surface area contributed by atoms with Gasteiger partial charge >= 0.3 is 0 Å². The van der Waals surface area contributed by atoms with Crippen LogP contribution in [0.4, 0.5) is 4.39 Å². The standard InChI is InChI=1S/C19H20BrFN2O/c20-17-7-2-1-4-14(17)8-9-19(24)23-11-10-22-13-18(23)15-5-3-6-16(21)12-15/h1-7,12,18,22H,8-11,13H2. The van der Waals surface area contributed by atoms with E-state index < -0.39 is 0 Å². The first kappa shape index (κ1) is 17.1. The minimum Gasteiger partial charge on any atom is -0.333 e. The summed E-state index contributed by atoms with van der Waals surface area (Å²) in [6.07, 6.45) is 1.15. The lowest BCUT2D eigenvalue weighted by Crippen LogP contribution is -2.48. The number of hydrogen-bond donors (Lipinski definition) is 1. The molecule has 1 amide bonds. The van der Waals surface area contributed by atoms with Crippen molar-refractivity contribution in [2.24, 2.45) is 0 Å². The van der Waals surface area contributed by atoms with Crippen LogP contribution in [0.25, 0.3) is 0 Å². The summed E-state index contributed by atoms with van der Waals surface area (Å²) < 4.78 is 14.6. The lowest BCUT2D eigenvalue weighted by atomic mass is 10.0. The number of carbonyl (C=O) groups excluding carboxylic acids is 1. The first-order valence-corrected chi connectivity index (χ1v) is 8.93. The van der Waals surface area contributed by atoms with E-state index in [2.05, 4.69) is 21.2 Å². The third kappa shape index (κ3) is 4.02. The van der Waals surface area contributed by atoms with Crippen LogP contribution in [0.15, 0.2) is 53.0 Å². The molecule has 0 bridgehead atoms. The zero-order valence-electron chi connectivity index (χ0n) is 13.3. The summed E-state index contributed by atoms with van der Waals surface area (Å²) in [6, 6.07) is 14.4. The predicted octanol–water partition coefficient (Wildman–Crippen LogP) is 3.69. The van der Waals surface area contributed by atoms with Gasteiger partial charge in [-0.05, 0) is 35.7 Å². The van der Waals surface area contributed by atoms with Crippen LogP contribution < -0.4 is 5.32 Å². The van der Waals surface area contributed by atoms with Crippen molar-refractivity contribution in [1.82, 2.24) is 10.2 Å². The maximum atomic E-state index is 13.5. The number of piperazine rings is 1. The number of hydrogen-bond acceptors (Lipinski definition) is 2. The molecule has 1 N–H and O–H groups in total. The highest BCUT2D eigenvalue weighted by Gasteiger charge is 2.27. The van der Waals surface area contributed by atoms with Gasteiger partial charge in [-0.25, -0.2) is 4.39 Å². The molecule has 1 fully saturated rings. The number of amides is 1. The fourth-order valence-corrected chi connectivity index (χ4v) is 3.58. The number of halogens is 2. The second-order valence-electron chi connectivity index (χ2n) is 5.95. The Morgan fingerprint density at radius 1 is 1.25 bits per heavy atom.